The van der Waals surface area contributed by atoms with Gasteiger partial charge in [0.2, 0.25) is 5.91 Å². The number of carbonyl (C=O) groups excluding carboxylic acids is 1. The molecule has 128 valence electrons. The standard InChI is InChI=1S/C20H26N2O2/c1-22-11-12-24-20(16-5-3-2-4-6-16)18-9-7-15(8-10-19(21)23)13-17(18)14-22/h2-6,8,10,15,20H,7,9,11-14H2,1H3,(H2,21,23)/b10-8+. The van der Waals surface area contributed by atoms with Crippen LogP contribution in [0.5, 0.6) is 0 Å². The van der Waals surface area contributed by atoms with Crippen LogP contribution in [-0.4, -0.2) is 37.6 Å². The van der Waals surface area contributed by atoms with Crippen molar-refractivity contribution in [2.45, 2.75) is 25.4 Å². The van der Waals surface area contributed by atoms with Gasteiger partial charge in [0.25, 0.3) is 0 Å². The molecular formula is C20H26N2O2. The number of amides is 1. The lowest BCUT2D eigenvalue weighted by atomic mass is 9.79. The maximum Gasteiger partial charge on any atom is 0.241 e. The molecule has 4 nitrogen and oxygen atoms in total. The highest BCUT2D eigenvalue weighted by atomic mass is 16.5. The van der Waals surface area contributed by atoms with E-state index in [1.807, 2.05) is 12.1 Å². The molecule has 0 fully saturated rings. The highest BCUT2D eigenvalue weighted by molar-refractivity contribution is 5.85. The van der Waals surface area contributed by atoms with E-state index >= 15 is 0 Å². The first-order valence-corrected chi connectivity index (χ1v) is 8.67. The minimum atomic E-state index is -0.366. The normalized spacial score (nSPS) is 26.0. The van der Waals surface area contributed by atoms with Gasteiger partial charge in [-0.2, -0.15) is 0 Å². The zero-order chi connectivity index (χ0) is 16.9. The fraction of sp³-hybridized carbons (Fsp3) is 0.450. The summed E-state index contributed by atoms with van der Waals surface area (Å²) in [6.07, 6.45) is 6.58. The number of nitrogens with zero attached hydrogens (tertiary/aromatic N) is 1. The lowest BCUT2D eigenvalue weighted by molar-refractivity contribution is -0.113. The number of primary amides is 1. The average molecular weight is 326 g/mol. The van der Waals surface area contributed by atoms with Gasteiger partial charge in [0, 0.05) is 13.1 Å². The summed E-state index contributed by atoms with van der Waals surface area (Å²) in [7, 11) is 2.14. The molecule has 2 N–H and O–H groups in total. The van der Waals surface area contributed by atoms with Crippen molar-refractivity contribution in [3.05, 3.63) is 59.2 Å². The molecule has 0 aromatic heterocycles. The fourth-order valence-corrected chi connectivity index (χ4v) is 3.70. The summed E-state index contributed by atoms with van der Waals surface area (Å²) in [6.45, 7) is 2.66. The van der Waals surface area contributed by atoms with E-state index in [9.17, 15) is 4.79 Å². The van der Waals surface area contributed by atoms with Crippen molar-refractivity contribution in [3.63, 3.8) is 0 Å². The molecule has 3 rings (SSSR count). The molecule has 0 radical (unpaired) electrons. The molecule has 1 aliphatic carbocycles. The van der Waals surface area contributed by atoms with Crippen molar-refractivity contribution >= 4 is 5.91 Å². The van der Waals surface area contributed by atoms with Crippen LogP contribution in [0.1, 0.15) is 30.9 Å². The molecule has 1 heterocycles. The van der Waals surface area contributed by atoms with Gasteiger partial charge in [-0.05, 0) is 49.4 Å². The Morgan fingerprint density at radius 3 is 2.88 bits per heavy atom. The molecule has 0 bridgehead atoms. The largest absolute Gasteiger partial charge is 0.368 e. The summed E-state index contributed by atoms with van der Waals surface area (Å²) in [5.74, 6) is 0.0237. The number of nitrogens with two attached hydrogens (primary N) is 1. The first kappa shape index (κ1) is 16.9. The molecule has 1 aromatic carbocycles. The van der Waals surface area contributed by atoms with E-state index in [1.54, 1.807) is 0 Å². The van der Waals surface area contributed by atoms with Gasteiger partial charge in [0.15, 0.2) is 0 Å². The van der Waals surface area contributed by atoms with Gasteiger partial charge in [0.1, 0.15) is 6.10 Å². The lowest BCUT2D eigenvalue weighted by Crippen LogP contribution is -2.32. The van der Waals surface area contributed by atoms with Crippen molar-refractivity contribution in [1.29, 1.82) is 0 Å². The van der Waals surface area contributed by atoms with Gasteiger partial charge in [-0.1, -0.05) is 42.0 Å². The number of carbonyl (C=O) groups is 1. The minimum absolute atomic E-state index is 0.0657. The fourth-order valence-electron chi connectivity index (χ4n) is 3.70. The van der Waals surface area contributed by atoms with Gasteiger partial charge in [-0.25, -0.2) is 0 Å². The van der Waals surface area contributed by atoms with Gasteiger partial charge >= 0.3 is 0 Å². The summed E-state index contributed by atoms with van der Waals surface area (Å²) >= 11 is 0. The Hall–Kier alpha value is -1.91. The zero-order valence-corrected chi connectivity index (χ0v) is 14.3. The smallest absolute Gasteiger partial charge is 0.241 e. The predicted octanol–water partition coefficient (Wildman–Crippen LogP) is 2.83. The summed E-state index contributed by atoms with van der Waals surface area (Å²) in [5.41, 5.74) is 9.36. The Morgan fingerprint density at radius 1 is 1.33 bits per heavy atom. The Labute approximate surface area is 144 Å². The first-order chi connectivity index (χ1) is 11.6. The van der Waals surface area contributed by atoms with E-state index < -0.39 is 0 Å². The van der Waals surface area contributed by atoms with Gasteiger partial charge in [0.05, 0.1) is 6.61 Å². The van der Waals surface area contributed by atoms with Crippen molar-refractivity contribution < 1.29 is 9.53 Å². The van der Waals surface area contributed by atoms with Crippen molar-refractivity contribution in [2.75, 3.05) is 26.7 Å². The summed E-state index contributed by atoms with van der Waals surface area (Å²) in [5, 5.41) is 0. The SMILES string of the molecule is CN1CCOC(c2ccccc2)C2=C(CC(/C=C/C(N)=O)CC2)C1. The Kier molecular flexibility index (Phi) is 5.48. The van der Waals surface area contributed by atoms with Crippen LogP contribution in [-0.2, 0) is 9.53 Å². The van der Waals surface area contributed by atoms with Gasteiger partial charge < -0.3 is 15.4 Å². The summed E-state index contributed by atoms with van der Waals surface area (Å²) in [6, 6.07) is 10.5. The monoisotopic (exact) mass is 326 g/mol. The topological polar surface area (TPSA) is 55.6 Å². The molecule has 1 amide bonds. The second-order valence-electron chi connectivity index (χ2n) is 6.79. The maximum absolute atomic E-state index is 11.0. The van der Waals surface area contributed by atoms with E-state index in [-0.39, 0.29) is 12.0 Å². The molecule has 0 saturated carbocycles. The Bertz CT molecular complexity index is 636. The van der Waals surface area contributed by atoms with E-state index in [1.165, 1.54) is 22.8 Å². The van der Waals surface area contributed by atoms with E-state index in [2.05, 4.69) is 36.2 Å². The van der Waals surface area contributed by atoms with Crippen LogP contribution in [0.4, 0.5) is 0 Å². The summed E-state index contributed by atoms with van der Waals surface area (Å²) < 4.78 is 6.25. The zero-order valence-electron chi connectivity index (χ0n) is 14.3. The highest BCUT2D eigenvalue weighted by Crippen LogP contribution is 2.40. The molecule has 1 aromatic rings. The lowest BCUT2D eigenvalue weighted by Gasteiger charge is -2.35. The number of rotatable bonds is 3. The van der Waals surface area contributed by atoms with Crippen molar-refractivity contribution in [1.82, 2.24) is 4.90 Å². The molecule has 0 saturated heterocycles. The van der Waals surface area contributed by atoms with Crippen molar-refractivity contribution in [3.8, 4) is 0 Å². The van der Waals surface area contributed by atoms with Crippen LogP contribution in [0.2, 0.25) is 0 Å². The molecule has 1 aliphatic heterocycles. The summed E-state index contributed by atoms with van der Waals surface area (Å²) in [4.78, 5) is 13.3. The van der Waals surface area contributed by atoms with Gasteiger partial charge in [-0.3, -0.25) is 4.79 Å². The number of hydrogen-bond acceptors (Lipinski definition) is 3. The van der Waals surface area contributed by atoms with Crippen LogP contribution >= 0.6 is 0 Å². The number of likely N-dealkylation sites (N-methyl/N-ethyl adjacent to an activating group) is 1. The number of hydrogen-bond donors (Lipinski definition) is 1. The van der Waals surface area contributed by atoms with Crippen LogP contribution in [0.25, 0.3) is 0 Å². The highest BCUT2D eigenvalue weighted by Gasteiger charge is 2.28. The Balaban J connectivity index is 1.89. The molecule has 2 aliphatic rings. The van der Waals surface area contributed by atoms with E-state index in [4.69, 9.17) is 10.5 Å². The van der Waals surface area contributed by atoms with Crippen LogP contribution in [0, 0.1) is 5.92 Å². The van der Waals surface area contributed by atoms with Crippen LogP contribution < -0.4 is 5.73 Å². The molecule has 24 heavy (non-hydrogen) atoms. The van der Waals surface area contributed by atoms with E-state index in [0.29, 0.717) is 5.92 Å². The predicted molar refractivity (Wildman–Crippen MR) is 95.3 cm³/mol. The second kappa shape index (κ2) is 7.77. The third kappa shape index (κ3) is 4.13. The van der Waals surface area contributed by atoms with Gasteiger partial charge in [-0.15, -0.1) is 0 Å². The minimum Gasteiger partial charge on any atom is -0.368 e. The first-order valence-electron chi connectivity index (χ1n) is 8.67. The molecular weight excluding hydrogens is 300 g/mol. The number of allylic oxidation sites excluding steroid dienone is 1. The van der Waals surface area contributed by atoms with E-state index in [0.717, 1.165) is 39.0 Å². The van der Waals surface area contributed by atoms with Crippen molar-refractivity contribution in [2.24, 2.45) is 11.7 Å². The third-order valence-corrected chi connectivity index (χ3v) is 4.92. The molecule has 4 heteroatoms. The number of benzene rings is 1. The number of ether oxygens (including phenoxy) is 1. The van der Waals surface area contributed by atoms with Crippen LogP contribution in [0.3, 0.4) is 0 Å². The molecule has 2 atom stereocenters. The quantitative estimate of drug-likeness (QED) is 0.686. The molecule has 2 unspecified atom stereocenters. The average Bonchev–Trinajstić information content (AvgIpc) is 2.57. The maximum atomic E-state index is 11.0. The third-order valence-electron chi connectivity index (χ3n) is 4.92. The van der Waals surface area contributed by atoms with Crippen LogP contribution in [0.15, 0.2) is 53.6 Å². The second-order valence-corrected chi connectivity index (χ2v) is 6.79. The molecule has 0 spiro atoms. The Morgan fingerprint density at radius 2 is 2.12 bits per heavy atom.